The largest absolute Gasteiger partial charge is 0.447 e. The molecule has 2 heterocycles. The van der Waals surface area contributed by atoms with Gasteiger partial charge in [0.25, 0.3) is 0 Å². The van der Waals surface area contributed by atoms with Crippen LogP contribution in [0.1, 0.15) is 17.2 Å². The number of aromatic nitrogens is 1. The van der Waals surface area contributed by atoms with Crippen molar-refractivity contribution in [3.63, 3.8) is 0 Å². The molecule has 0 N–H and O–H groups in total. The van der Waals surface area contributed by atoms with Crippen molar-refractivity contribution in [1.82, 2.24) is 4.57 Å². The zero-order valence-corrected chi connectivity index (χ0v) is 17.1. The normalized spacial score (nSPS) is 15.4. The topological polar surface area (TPSA) is 51.5 Å². The predicted octanol–water partition coefficient (Wildman–Crippen LogP) is 5.01. The van der Waals surface area contributed by atoms with Crippen LogP contribution >= 0.6 is 11.6 Å². The average Bonchev–Trinajstić information content (AvgIpc) is 3.07. The van der Waals surface area contributed by atoms with E-state index in [1.54, 1.807) is 41.9 Å². The van der Waals surface area contributed by atoms with Gasteiger partial charge < -0.3 is 9.30 Å². The Morgan fingerprint density at radius 2 is 1.63 bits per heavy atom. The van der Waals surface area contributed by atoms with Gasteiger partial charge in [0.1, 0.15) is 18.2 Å². The van der Waals surface area contributed by atoms with Crippen molar-refractivity contribution in [2.24, 2.45) is 7.05 Å². The zero-order valence-electron chi connectivity index (χ0n) is 16.3. The number of benzene rings is 2. The molecule has 4 rings (SSSR count). The molecule has 2 aromatic carbocycles. The molecule has 1 saturated heterocycles. The lowest BCUT2D eigenvalue weighted by molar-refractivity contribution is 0.179. The summed E-state index contributed by atoms with van der Waals surface area (Å²) in [7, 11) is 1.75. The first-order chi connectivity index (χ1) is 14.2. The molecular weight excluding hydrogens is 414 g/mol. The number of hydrogen-bond acceptors (Lipinski definition) is 3. The van der Waals surface area contributed by atoms with Gasteiger partial charge in [0, 0.05) is 36.1 Å². The van der Waals surface area contributed by atoms with E-state index in [1.807, 2.05) is 19.2 Å². The first-order valence-electron chi connectivity index (χ1n) is 9.05. The SMILES string of the molecule is Cc1ccc(=O)n(C)c1.O=C1OC[C@H](c2cc(F)cc(F)c2)N1c1ccc(Cl)cc1. The Kier molecular flexibility index (Phi) is 6.52. The van der Waals surface area contributed by atoms with Crippen molar-refractivity contribution in [2.45, 2.75) is 13.0 Å². The Morgan fingerprint density at radius 3 is 2.20 bits per heavy atom. The molecule has 0 spiro atoms. The van der Waals surface area contributed by atoms with E-state index in [1.165, 1.54) is 17.0 Å². The van der Waals surface area contributed by atoms with Gasteiger partial charge in [-0.15, -0.1) is 0 Å². The van der Waals surface area contributed by atoms with Crippen molar-refractivity contribution in [2.75, 3.05) is 11.5 Å². The molecule has 5 nitrogen and oxygen atoms in total. The third kappa shape index (κ3) is 5.04. The number of anilines is 1. The first kappa shape index (κ1) is 21.5. The van der Waals surface area contributed by atoms with Crippen molar-refractivity contribution in [3.8, 4) is 0 Å². The fourth-order valence-corrected chi connectivity index (χ4v) is 3.18. The quantitative estimate of drug-likeness (QED) is 0.572. The summed E-state index contributed by atoms with van der Waals surface area (Å²) in [4.78, 5) is 24.0. The highest BCUT2D eigenvalue weighted by Gasteiger charge is 2.35. The standard InChI is InChI=1S/C15H10ClF2NO2.C7H9NO/c16-10-1-3-13(4-2-10)19-14(8-21-15(19)20)9-5-11(17)7-12(18)6-9;1-6-3-4-7(9)8(2)5-6/h1-7,14H,8H2;3-5H,1-2H3/t14-;/m1./s1. The smallest absolute Gasteiger partial charge is 0.415 e. The molecule has 1 fully saturated rings. The summed E-state index contributed by atoms with van der Waals surface area (Å²) >= 11 is 5.82. The lowest BCUT2D eigenvalue weighted by Crippen LogP contribution is -2.27. The van der Waals surface area contributed by atoms with E-state index < -0.39 is 23.8 Å². The molecule has 0 bridgehead atoms. The van der Waals surface area contributed by atoms with Gasteiger partial charge in [0.05, 0.1) is 6.04 Å². The molecule has 1 aliphatic rings. The second-order valence-electron chi connectivity index (χ2n) is 6.80. The number of halogens is 3. The van der Waals surface area contributed by atoms with Crippen LogP contribution < -0.4 is 10.5 Å². The molecule has 0 saturated carbocycles. The van der Waals surface area contributed by atoms with Gasteiger partial charge in [-0.25, -0.2) is 13.6 Å². The summed E-state index contributed by atoms with van der Waals surface area (Å²) in [6, 6.07) is 12.5. The maximum atomic E-state index is 13.4. The Hall–Kier alpha value is -3.19. The van der Waals surface area contributed by atoms with Crippen LogP contribution in [0.15, 0.2) is 65.6 Å². The van der Waals surface area contributed by atoms with Gasteiger partial charge in [-0.05, 0) is 54.4 Å². The molecular formula is C22H19ClF2N2O3. The van der Waals surface area contributed by atoms with Crippen LogP contribution in [0.4, 0.5) is 19.3 Å². The Bertz CT molecular complexity index is 1100. The lowest BCUT2D eigenvalue weighted by Gasteiger charge is -2.22. The lowest BCUT2D eigenvalue weighted by atomic mass is 10.1. The number of amides is 1. The van der Waals surface area contributed by atoms with E-state index in [2.05, 4.69) is 0 Å². The van der Waals surface area contributed by atoms with Gasteiger partial charge in [-0.1, -0.05) is 17.7 Å². The minimum absolute atomic E-state index is 0.0321. The van der Waals surface area contributed by atoms with E-state index in [0.29, 0.717) is 16.3 Å². The number of aryl methyl sites for hydroxylation is 2. The summed E-state index contributed by atoms with van der Waals surface area (Å²) in [5.74, 6) is -1.39. The minimum Gasteiger partial charge on any atom is -0.447 e. The molecule has 0 unspecified atom stereocenters. The fraction of sp³-hybridized carbons (Fsp3) is 0.182. The first-order valence-corrected chi connectivity index (χ1v) is 9.43. The van der Waals surface area contributed by atoms with E-state index in [0.717, 1.165) is 11.6 Å². The summed E-state index contributed by atoms with van der Waals surface area (Å²) < 4.78 is 33.3. The molecule has 8 heteroatoms. The van der Waals surface area contributed by atoms with Gasteiger partial charge in [0.15, 0.2) is 0 Å². The number of rotatable bonds is 2. The molecule has 1 atom stereocenters. The van der Waals surface area contributed by atoms with Gasteiger partial charge in [-0.3, -0.25) is 9.69 Å². The third-order valence-electron chi connectivity index (χ3n) is 4.48. The fourth-order valence-electron chi connectivity index (χ4n) is 3.05. The number of carbonyl (C=O) groups excluding carboxylic acids is 1. The number of cyclic esters (lactones) is 1. The van der Waals surface area contributed by atoms with Crippen LogP contribution in [0.3, 0.4) is 0 Å². The van der Waals surface area contributed by atoms with Crippen LogP contribution in [0.5, 0.6) is 0 Å². The molecule has 30 heavy (non-hydrogen) atoms. The minimum atomic E-state index is -0.694. The molecule has 1 aliphatic heterocycles. The van der Waals surface area contributed by atoms with Crippen LogP contribution in [-0.2, 0) is 11.8 Å². The molecule has 156 valence electrons. The monoisotopic (exact) mass is 432 g/mol. The van der Waals surface area contributed by atoms with Crippen LogP contribution in [0.2, 0.25) is 5.02 Å². The molecule has 0 aliphatic carbocycles. The van der Waals surface area contributed by atoms with Crippen LogP contribution in [0.25, 0.3) is 0 Å². The number of nitrogens with zero attached hydrogens (tertiary/aromatic N) is 2. The van der Waals surface area contributed by atoms with Crippen molar-refractivity contribution in [3.05, 3.63) is 98.9 Å². The highest BCUT2D eigenvalue weighted by molar-refractivity contribution is 6.30. The molecule has 0 radical (unpaired) electrons. The number of pyridine rings is 1. The van der Waals surface area contributed by atoms with E-state index >= 15 is 0 Å². The molecule has 3 aromatic rings. The van der Waals surface area contributed by atoms with Crippen LogP contribution in [-0.4, -0.2) is 17.3 Å². The molecule has 1 aromatic heterocycles. The Morgan fingerprint density at radius 1 is 1.00 bits per heavy atom. The Labute approximate surface area is 177 Å². The Balaban J connectivity index is 0.000000239. The zero-order chi connectivity index (χ0) is 21.8. The highest BCUT2D eigenvalue weighted by Crippen LogP contribution is 2.34. The molecule has 1 amide bonds. The summed E-state index contributed by atoms with van der Waals surface area (Å²) in [5, 5.41) is 0.527. The maximum absolute atomic E-state index is 13.4. The van der Waals surface area contributed by atoms with Crippen molar-refractivity contribution >= 4 is 23.4 Å². The summed E-state index contributed by atoms with van der Waals surface area (Å²) in [6.45, 7) is 1.99. The van der Waals surface area contributed by atoms with Crippen molar-refractivity contribution in [1.29, 1.82) is 0 Å². The summed E-state index contributed by atoms with van der Waals surface area (Å²) in [5.41, 5.74) is 2.04. The van der Waals surface area contributed by atoms with Gasteiger partial charge in [-0.2, -0.15) is 0 Å². The second-order valence-corrected chi connectivity index (χ2v) is 7.23. The van der Waals surface area contributed by atoms with E-state index in [4.69, 9.17) is 16.3 Å². The number of hydrogen-bond donors (Lipinski definition) is 0. The van der Waals surface area contributed by atoms with Crippen LogP contribution in [0, 0.1) is 18.6 Å². The second kappa shape index (κ2) is 9.09. The number of ether oxygens (including phenoxy) is 1. The van der Waals surface area contributed by atoms with Gasteiger partial charge in [0.2, 0.25) is 5.56 Å². The average molecular weight is 433 g/mol. The van der Waals surface area contributed by atoms with E-state index in [-0.39, 0.29) is 12.2 Å². The van der Waals surface area contributed by atoms with E-state index in [9.17, 15) is 18.4 Å². The number of carbonyl (C=O) groups is 1. The van der Waals surface area contributed by atoms with Gasteiger partial charge >= 0.3 is 6.09 Å². The third-order valence-corrected chi connectivity index (χ3v) is 4.73. The summed E-state index contributed by atoms with van der Waals surface area (Å²) in [6.07, 6.45) is 1.24. The maximum Gasteiger partial charge on any atom is 0.415 e. The highest BCUT2D eigenvalue weighted by atomic mass is 35.5. The predicted molar refractivity (Wildman–Crippen MR) is 111 cm³/mol. The van der Waals surface area contributed by atoms with Crippen molar-refractivity contribution < 1.29 is 18.3 Å².